The summed E-state index contributed by atoms with van der Waals surface area (Å²) in [5, 5.41) is 0. The van der Waals surface area contributed by atoms with E-state index in [0.717, 1.165) is 28.6 Å². The molecule has 1 heterocycles. The van der Waals surface area contributed by atoms with Crippen LogP contribution in [0.1, 0.15) is 5.56 Å². The largest absolute Gasteiger partial charge is 0.450 e. The Kier molecular flexibility index (Phi) is 2.04. The number of fused-ring (bicyclic) bond motifs is 2. The molecule has 3 heteroatoms. The van der Waals surface area contributed by atoms with Gasteiger partial charge in [-0.1, -0.05) is 18.2 Å². The average molecular weight is 213 g/mol. The molecule has 1 aliphatic rings. The summed E-state index contributed by atoms with van der Waals surface area (Å²) >= 11 is 0. The van der Waals surface area contributed by atoms with Gasteiger partial charge in [-0.3, -0.25) is 0 Å². The van der Waals surface area contributed by atoms with Gasteiger partial charge in [-0.15, -0.1) is 0 Å². The summed E-state index contributed by atoms with van der Waals surface area (Å²) in [6, 6.07) is 13.3. The highest BCUT2D eigenvalue weighted by Gasteiger charge is 2.17. The first-order chi connectivity index (χ1) is 7.86. The molecule has 1 aliphatic heterocycles. The molecule has 0 atom stereocenters. The van der Waals surface area contributed by atoms with E-state index in [1.807, 2.05) is 42.5 Å². The number of nitrogens with two attached hydrogens (primary N) is 1. The van der Waals surface area contributed by atoms with E-state index < -0.39 is 0 Å². The first-order valence-corrected chi connectivity index (χ1v) is 5.14. The van der Waals surface area contributed by atoms with Crippen molar-refractivity contribution < 1.29 is 9.47 Å². The molecule has 3 nitrogen and oxygen atoms in total. The average Bonchev–Trinajstić information content (AvgIpc) is 2.35. The Morgan fingerprint density at radius 1 is 0.812 bits per heavy atom. The van der Waals surface area contributed by atoms with Crippen LogP contribution in [0.15, 0.2) is 42.5 Å². The lowest BCUT2D eigenvalue weighted by atomic mass is 10.2. The van der Waals surface area contributed by atoms with Gasteiger partial charge in [0.1, 0.15) is 0 Å². The van der Waals surface area contributed by atoms with Gasteiger partial charge in [0.15, 0.2) is 23.0 Å². The summed E-state index contributed by atoms with van der Waals surface area (Å²) < 4.78 is 11.5. The zero-order valence-electron chi connectivity index (χ0n) is 8.64. The van der Waals surface area contributed by atoms with Gasteiger partial charge in [-0.2, -0.15) is 0 Å². The highest BCUT2D eigenvalue weighted by Crippen LogP contribution is 2.44. The molecule has 0 fully saturated rings. The smallest absolute Gasteiger partial charge is 0.170 e. The molecule has 0 aromatic heterocycles. The van der Waals surface area contributed by atoms with Crippen molar-refractivity contribution in [3.8, 4) is 23.0 Å². The summed E-state index contributed by atoms with van der Waals surface area (Å²) in [7, 11) is 0. The van der Waals surface area contributed by atoms with Gasteiger partial charge >= 0.3 is 0 Å². The van der Waals surface area contributed by atoms with Gasteiger partial charge in [0.2, 0.25) is 0 Å². The lowest BCUT2D eigenvalue weighted by Gasteiger charge is -2.20. The molecule has 2 aromatic rings. The molecule has 2 aromatic carbocycles. The normalized spacial score (nSPS) is 12.1. The fourth-order valence-electron chi connectivity index (χ4n) is 1.70. The van der Waals surface area contributed by atoms with E-state index >= 15 is 0 Å². The van der Waals surface area contributed by atoms with Crippen LogP contribution in [0, 0.1) is 0 Å². The molecule has 0 unspecified atom stereocenters. The van der Waals surface area contributed by atoms with Crippen LogP contribution in [0.4, 0.5) is 0 Å². The Morgan fingerprint density at radius 3 is 2.12 bits per heavy atom. The number of hydrogen-bond acceptors (Lipinski definition) is 3. The van der Waals surface area contributed by atoms with E-state index in [0.29, 0.717) is 6.54 Å². The molecule has 3 rings (SSSR count). The topological polar surface area (TPSA) is 44.5 Å². The van der Waals surface area contributed by atoms with Crippen LogP contribution in [0.25, 0.3) is 0 Å². The minimum absolute atomic E-state index is 0.498. The predicted molar refractivity (Wildman–Crippen MR) is 60.9 cm³/mol. The monoisotopic (exact) mass is 213 g/mol. The number of ether oxygens (including phenoxy) is 2. The van der Waals surface area contributed by atoms with Gasteiger partial charge < -0.3 is 15.2 Å². The van der Waals surface area contributed by atoms with Crippen molar-refractivity contribution >= 4 is 0 Å². The molecule has 0 saturated carbocycles. The van der Waals surface area contributed by atoms with Crippen molar-refractivity contribution in [2.75, 3.05) is 0 Å². The van der Waals surface area contributed by atoms with Gasteiger partial charge in [0, 0.05) is 6.54 Å². The van der Waals surface area contributed by atoms with Crippen LogP contribution in [-0.4, -0.2) is 0 Å². The van der Waals surface area contributed by atoms with E-state index in [2.05, 4.69) is 0 Å². The highest BCUT2D eigenvalue weighted by molar-refractivity contribution is 5.55. The Labute approximate surface area is 93.4 Å². The maximum atomic E-state index is 5.74. The van der Waals surface area contributed by atoms with Gasteiger partial charge in [0.05, 0.1) is 0 Å². The Balaban J connectivity index is 2.05. The van der Waals surface area contributed by atoms with Crippen molar-refractivity contribution in [3.05, 3.63) is 48.0 Å². The fourth-order valence-corrected chi connectivity index (χ4v) is 1.70. The summed E-state index contributed by atoms with van der Waals surface area (Å²) in [4.78, 5) is 0. The van der Waals surface area contributed by atoms with Crippen LogP contribution in [0.2, 0.25) is 0 Å². The van der Waals surface area contributed by atoms with Crippen LogP contribution < -0.4 is 15.2 Å². The Bertz CT molecular complexity index is 537. The SMILES string of the molecule is NCc1ccc2c(c1)Oc1ccccc1O2. The third-order valence-corrected chi connectivity index (χ3v) is 2.53. The molecule has 0 radical (unpaired) electrons. The van der Waals surface area contributed by atoms with Gasteiger partial charge in [-0.25, -0.2) is 0 Å². The van der Waals surface area contributed by atoms with Gasteiger partial charge in [-0.05, 0) is 29.8 Å². The lowest BCUT2D eigenvalue weighted by molar-refractivity contribution is 0.359. The minimum Gasteiger partial charge on any atom is -0.450 e. The highest BCUT2D eigenvalue weighted by atomic mass is 16.6. The molecule has 0 aliphatic carbocycles. The summed E-state index contributed by atoms with van der Waals surface area (Å²) in [5.74, 6) is 2.94. The Morgan fingerprint density at radius 2 is 1.44 bits per heavy atom. The maximum Gasteiger partial charge on any atom is 0.170 e. The van der Waals surface area contributed by atoms with E-state index in [9.17, 15) is 0 Å². The van der Waals surface area contributed by atoms with E-state index in [-0.39, 0.29) is 0 Å². The summed E-state index contributed by atoms with van der Waals surface area (Å²) in [6.07, 6.45) is 0. The van der Waals surface area contributed by atoms with Crippen molar-refractivity contribution in [1.82, 2.24) is 0 Å². The summed E-state index contributed by atoms with van der Waals surface area (Å²) in [5.41, 5.74) is 6.61. The van der Waals surface area contributed by atoms with Gasteiger partial charge in [0.25, 0.3) is 0 Å². The first kappa shape index (κ1) is 9.24. The van der Waals surface area contributed by atoms with E-state index in [4.69, 9.17) is 15.2 Å². The fraction of sp³-hybridized carbons (Fsp3) is 0.0769. The van der Waals surface area contributed by atoms with Crippen molar-refractivity contribution in [2.45, 2.75) is 6.54 Å². The molecule has 2 N–H and O–H groups in total. The second-order valence-electron chi connectivity index (χ2n) is 3.64. The van der Waals surface area contributed by atoms with Crippen LogP contribution in [0.3, 0.4) is 0 Å². The van der Waals surface area contributed by atoms with Crippen molar-refractivity contribution in [3.63, 3.8) is 0 Å². The molecule has 16 heavy (non-hydrogen) atoms. The molecule has 0 amide bonds. The molecule has 0 bridgehead atoms. The van der Waals surface area contributed by atoms with Crippen molar-refractivity contribution in [1.29, 1.82) is 0 Å². The molecule has 80 valence electrons. The standard InChI is InChI=1S/C13H11NO2/c14-8-9-5-6-12-13(7-9)16-11-4-2-1-3-10(11)15-12/h1-7H,8,14H2. The quantitative estimate of drug-likeness (QED) is 0.675. The van der Waals surface area contributed by atoms with E-state index in [1.165, 1.54) is 0 Å². The van der Waals surface area contributed by atoms with Crippen LogP contribution in [0.5, 0.6) is 23.0 Å². The third-order valence-electron chi connectivity index (χ3n) is 2.53. The van der Waals surface area contributed by atoms with Crippen LogP contribution in [-0.2, 0) is 6.54 Å². The number of hydrogen-bond donors (Lipinski definition) is 1. The molecule has 0 saturated heterocycles. The maximum absolute atomic E-state index is 5.74. The zero-order chi connectivity index (χ0) is 11.0. The Hall–Kier alpha value is -2.00. The third kappa shape index (κ3) is 1.42. The second-order valence-corrected chi connectivity index (χ2v) is 3.64. The molecular formula is C13H11NO2. The summed E-state index contributed by atoms with van der Waals surface area (Å²) in [6.45, 7) is 0.498. The predicted octanol–water partition coefficient (Wildman–Crippen LogP) is 3.04. The second kappa shape index (κ2) is 3.54. The number of rotatable bonds is 1. The first-order valence-electron chi connectivity index (χ1n) is 5.14. The molecular weight excluding hydrogens is 202 g/mol. The van der Waals surface area contributed by atoms with Crippen molar-refractivity contribution in [2.24, 2.45) is 5.73 Å². The minimum atomic E-state index is 0.498. The number of benzene rings is 2. The number of para-hydroxylation sites is 2. The van der Waals surface area contributed by atoms with E-state index in [1.54, 1.807) is 0 Å². The zero-order valence-corrected chi connectivity index (χ0v) is 8.64. The molecule has 0 spiro atoms. The lowest BCUT2D eigenvalue weighted by Crippen LogP contribution is -2.01. The van der Waals surface area contributed by atoms with Crippen LogP contribution >= 0.6 is 0 Å².